The minimum absolute atomic E-state index is 0.00735. The fraction of sp³-hybridized carbons (Fsp3) is 0.312. The molecule has 1 aromatic heterocycles. The summed E-state index contributed by atoms with van der Waals surface area (Å²) in [6.07, 6.45) is 2.52. The summed E-state index contributed by atoms with van der Waals surface area (Å²) >= 11 is 0. The zero-order valence-corrected chi connectivity index (χ0v) is 15.0. The molecule has 1 atom stereocenters. The highest BCUT2D eigenvalue weighted by molar-refractivity contribution is 7.92. The Labute approximate surface area is 154 Å². The van der Waals surface area contributed by atoms with Gasteiger partial charge in [-0.05, 0) is 25.0 Å². The van der Waals surface area contributed by atoms with Gasteiger partial charge in [-0.25, -0.2) is 13.2 Å². The maximum absolute atomic E-state index is 12.5. The topological polar surface area (TPSA) is 150 Å². The number of para-hydroxylation sites is 1. The largest absolute Gasteiger partial charge is 0.376 e. The van der Waals surface area contributed by atoms with Gasteiger partial charge in [-0.2, -0.15) is 0 Å². The first-order valence-electron chi connectivity index (χ1n) is 8.20. The fourth-order valence-electron chi connectivity index (χ4n) is 2.67. The Balaban J connectivity index is 1.81. The van der Waals surface area contributed by atoms with Crippen molar-refractivity contribution < 1.29 is 17.9 Å². The molecule has 2 heterocycles. The average molecular weight is 394 g/mol. The van der Waals surface area contributed by atoms with E-state index in [2.05, 4.69) is 15.0 Å². The molecule has 1 saturated heterocycles. The lowest BCUT2D eigenvalue weighted by atomic mass is 10.1. The first kappa shape index (κ1) is 18.9. The van der Waals surface area contributed by atoms with Crippen molar-refractivity contribution in [3.8, 4) is 0 Å². The number of H-pyrrole nitrogens is 2. The number of rotatable bonds is 6. The number of ether oxygens (including phenoxy) is 1. The van der Waals surface area contributed by atoms with Crippen LogP contribution in [0.3, 0.4) is 0 Å². The van der Waals surface area contributed by atoms with Crippen LogP contribution in [0.25, 0.3) is 0 Å². The van der Waals surface area contributed by atoms with Crippen LogP contribution in [-0.4, -0.2) is 43.5 Å². The van der Waals surface area contributed by atoms with Crippen molar-refractivity contribution in [1.29, 1.82) is 0 Å². The molecule has 1 aromatic carbocycles. The second-order valence-corrected chi connectivity index (χ2v) is 7.58. The van der Waals surface area contributed by atoms with Gasteiger partial charge >= 0.3 is 5.69 Å². The number of nitrogens with one attached hydrogen (secondary N) is 4. The normalized spacial score (nSPS) is 16.8. The predicted octanol–water partition coefficient (Wildman–Crippen LogP) is -0.227. The third-order valence-corrected chi connectivity index (χ3v) is 5.38. The third-order valence-electron chi connectivity index (χ3n) is 4.01. The van der Waals surface area contributed by atoms with Crippen molar-refractivity contribution >= 4 is 21.6 Å². The molecule has 1 amide bonds. The van der Waals surface area contributed by atoms with E-state index in [0.29, 0.717) is 13.2 Å². The Hall–Kier alpha value is -2.92. The van der Waals surface area contributed by atoms with Crippen LogP contribution >= 0.6 is 0 Å². The Bertz CT molecular complexity index is 1050. The standard InChI is InChI=1S/C16H18N4O6S/c21-14(17-8-10-4-3-7-26-10)11-5-1-2-6-12(11)20-27(24,25)13-9-18-16(23)19-15(13)22/h1-2,5-6,9-10,20H,3-4,7-8H2,(H,17,21)(H2,18,19,22,23)/t10-/m1/s1. The Morgan fingerprint density at radius 2 is 2.04 bits per heavy atom. The summed E-state index contributed by atoms with van der Waals surface area (Å²) in [5.74, 6) is -0.473. The van der Waals surface area contributed by atoms with Crippen LogP contribution < -0.4 is 21.3 Å². The predicted molar refractivity (Wildman–Crippen MR) is 96.2 cm³/mol. The summed E-state index contributed by atoms with van der Waals surface area (Å²) in [5, 5.41) is 2.71. The number of hydrogen-bond donors (Lipinski definition) is 4. The molecule has 27 heavy (non-hydrogen) atoms. The average Bonchev–Trinajstić information content (AvgIpc) is 3.13. The van der Waals surface area contributed by atoms with E-state index < -0.39 is 32.1 Å². The van der Waals surface area contributed by atoms with Gasteiger partial charge in [0.15, 0.2) is 4.90 Å². The molecule has 1 fully saturated rings. The molecule has 10 nitrogen and oxygen atoms in total. The van der Waals surface area contributed by atoms with E-state index in [-0.39, 0.29) is 17.4 Å². The van der Waals surface area contributed by atoms with Crippen LogP contribution in [0.2, 0.25) is 0 Å². The highest BCUT2D eigenvalue weighted by atomic mass is 32.2. The van der Waals surface area contributed by atoms with Gasteiger partial charge in [0.05, 0.1) is 17.4 Å². The minimum Gasteiger partial charge on any atom is -0.376 e. The SMILES string of the molecule is O=C(NC[C@H]1CCCO1)c1ccccc1NS(=O)(=O)c1c[nH]c(=O)[nH]c1=O. The van der Waals surface area contributed by atoms with Crippen LogP contribution in [0.5, 0.6) is 0 Å². The van der Waals surface area contributed by atoms with Crippen molar-refractivity contribution in [3.05, 3.63) is 56.9 Å². The molecule has 2 aromatic rings. The van der Waals surface area contributed by atoms with E-state index >= 15 is 0 Å². The van der Waals surface area contributed by atoms with E-state index in [1.54, 1.807) is 12.1 Å². The van der Waals surface area contributed by atoms with Gasteiger partial charge in [0.1, 0.15) is 0 Å². The summed E-state index contributed by atoms with van der Waals surface area (Å²) in [4.78, 5) is 38.5. The number of amides is 1. The lowest BCUT2D eigenvalue weighted by Crippen LogP contribution is -2.33. The number of sulfonamides is 1. The summed E-state index contributed by atoms with van der Waals surface area (Å²) in [6.45, 7) is 0.976. The molecule has 3 rings (SSSR count). The summed E-state index contributed by atoms with van der Waals surface area (Å²) in [7, 11) is -4.32. The Kier molecular flexibility index (Phi) is 5.42. The molecule has 144 valence electrons. The number of aromatic amines is 2. The number of hydrogen-bond acceptors (Lipinski definition) is 6. The summed E-state index contributed by atoms with van der Waals surface area (Å²) < 4.78 is 32.6. The van der Waals surface area contributed by atoms with Gasteiger partial charge < -0.3 is 15.0 Å². The number of carbonyl (C=O) groups is 1. The van der Waals surface area contributed by atoms with Crippen LogP contribution in [0.1, 0.15) is 23.2 Å². The van der Waals surface area contributed by atoms with Crippen LogP contribution in [0.15, 0.2) is 44.9 Å². The zero-order chi connectivity index (χ0) is 19.4. The molecule has 1 aliphatic heterocycles. The molecular formula is C16H18N4O6S. The van der Waals surface area contributed by atoms with Crippen molar-refractivity contribution in [2.45, 2.75) is 23.8 Å². The van der Waals surface area contributed by atoms with Gasteiger partial charge in [0, 0.05) is 19.3 Å². The molecule has 0 bridgehead atoms. The first-order valence-corrected chi connectivity index (χ1v) is 9.69. The Morgan fingerprint density at radius 1 is 1.26 bits per heavy atom. The zero-order valence-electron chi connectivity index (χ0n) is 14.2. The van der Waals surface area contributed by atoms with E-state index in [1.165, 1.54) is 12.1 Å². The molecule has 0 spiro atoms. The molecule has 0 saturated carbocycles. The van der Waals surface area contributed by atoms with E-state index in [4.69, 9.17) is 4.74 Å². The second kappa shape index (κ2) is 7.76. The van der Waals surface area contributed by atoms with Gasteiger partial charge in [0.25, 0.3) is 21.5 Å². The third kappa shape index (κ3) is 4.44. The number of benzene rings is 1. The fourth-order valence-corrected chi connectivity index (χ4v) is 3.76. The lowest BCUT2D eigenvalue weighted by Gasteiger charge is -2.14. The quantitative estimate of drug-likeness (QED) is 0.532. The molecule has 0 radical (unpaired) electrons. The highest BCUT2D eigenvalue weighted by Crippen LogP contribution is 2.19. The monoisotopic (exact) mass is 394 g/mol. The van der Waals surface area contributed by atoms with Crippen LogP contribution in [-0.2, 0) is 14.8 Å². The number of carbonyl (C=O) groups excluding carboxylic acids is 1. The molecule has 11 heteroatoms. The first-order chi connectivity index (χ1) is 12.9. The molecule has 1 aliphatic rings. The van der Waals surface area contributed by atoms with E-state index in [9.17, 15) is 22.8 Å². The van der Waals surface area contributed by atoms with Crippen LogP contribution in [0.4, 0.5) is 5.69 Å². The van der Waals surface area contributed by atoms with E-state index in [1.807, 2.05) is 4.98 Å². The molecule has 4 N–H and O–H groups in total. The second-order valence-electron chi connectivity index (χ2n) is 5.93. The smallest absolute Gasteiger partial charge is 0.325 e. The number of anilines is 1. The lowest BCUT2D eigenvalue weighted by molar-refractivity contribution is 0.0858. The minimum atomic E-state index is -4.32. The maximum atomic E-state index is 12.5. The van der Waals surface area contributed by atoms with Crippen molar-refractivity contribution in [3.63, 3.8) is 0 Å². The van der Waals surface area contributed by atoms with Gasteiger partial charge in [0.2, 0.25) is 0 Å². The van der Waals surface area contributed by atoms with Gasteiger partial charge in [-0.3, -0.25) is 19.3 Å². The van der Waals surface area contributed by atoms with Crippen molar-refractivity contribution in [1.82, 2.24) is 15.3 Å². The number of aromatic nitrogens is 2. The molecule has 0 unspecified atom stereocenters. The van der Waals surface area contributed by atoms with E-state index in [0.717, 1.165) is 19.0 Å². The van der Waals surface area contributed by atoms with Gasteiger partial charge in [-0.15, -0.1) is 0 Å². The van der Waals surface area contributed by atoms with Gasteiger partial charge in [-0.1, -0.05) is 12.1 Å². The summed E-state index contributed by atoms with van der Waals surface area (Å²) in [5.41, 5.74) is -1.78. The van der Waals surface area contributed by atoms with Crippen molar-refractivity contribution in [2.24, 2.45) is 0 Å². The highest BCUT2D eigenvalue weighted by Gasteiger charge is 2.22. The molecular weight excluding hydrogens is 376 g/mol. The van der Waals surface area contributed by atoms with Crippen molar-refractivity contribution in [2.75, 3.05) is 17.9 Å². The Morgan fingerprint density at radius 3 is 2.74 bits per heavy atom. The van der Waals surface area contributed by atoms with Crippen LogP contribution in [0, 0.1) is 0 Å². The summed E-state index contributed by atoms with van der Waals surface area (Å²) in [6, 6.07) is 6.00. The molecule has 0 aliphatic carbocycles. The maximum Gasteiger partial charge on any atom is 0.325 e.